The van der Waals surface area contributed by atoms with Gasteiger partial charge in [-0.25, -0.2) is 4.98 Å². The number of nitrogens with one attached hydrogen (secondary N) is 1. The van der Waals surface area contributed by atoms with Gasteiger partial charge in [0.1, 0.15) is 6.54 Å². The zero-order valence-corrected chi connectivity index (χ0v) is 11.6. The number of carbonyl (C=O) groups excluding carboxylic acids is 1. The van der Waals surface area contributed by atoms with Crippen LogP contribution < -0.4 is 5.32 Å². The molecule has 1 amide bonds. The van der Waals surface area contributed by atoms with Crippen LogP contribution in [-0.2, 0) is 22.6 Å². The molecular weight excluding hydrogens is 244 g/mol. The molecule has 1 aliphatic carbocycles. The second kappa shape index (κ2) is 6.68. The van der Waals surface area contributed by atoms with Crippen molar-refractivity contribution in [2.24, 2.45) is 0 Å². The van der Waals surface area contributed by atoms with E-state index in [-0.39, 0.29) is 5.91 Å². The number of rotatable bonds is 8. The van der Waals surface area contributed by atoms with Gasteiger partial charge in [0.05, 0.1) is 18.6 Å². The van der Waals surface area contributed by atoms with E-state index >= 15 is 0 Å². The van der Waals surface area contributed by atoms with Gasteiger partial charge >= 0.3 is 0 Å². The van der Waals surface area contributed by atoms with Crippen LogP contribution in [0, 0.1) is 0 Å². The molecule has 0 atom stereocenters. The van der Waals surface area contributed by atoms with Gasteiger partial charge in [-0.1, -0.05) is 0 Å². The summed E-state index contributed by atoms with van der Waals surface area (Å²) in [4.78, 5) is 18.1. The highest BCUT2D eigenvalue weighted by atomic mass is 16.5. The number of aromatic nitrogens is 2. The van der Waals surface area contributed by atoms with Crippen LogP contribution in [0.1, 0.15) is 18.5 Å². The average molecular weight is 266 g/mol. The molecule has 2 rings (SSSR count). The summed E-state index contributed by atoms with van der Waals surface area (Å²) in [5, 5.41) is 3.22. The molecule has 1 aliphatic rings. The summed E-state index contributed by atoms with van der Waals surface area (Å²) in [6.45, 7) is 2.55. The van der Waals surface area contributed by atoms with E-state index in [1.165, 1.54) is 0 Å². The molecular formula is C13H22N4O2. The van der Waals surface area contributed by atoms with E-state index in [9.17, 15) is 4.79 Å². The Balaban J connectivity index is 1.75. The largest absolute Gasteiger partial charge is 0.383 e. The van der Waals surface area contributed by atoms with Crippen LogP contribution in [0.15, 0.2) is 12.5 Å². The van der Waals surface area contributed by atoms with Gasteiger partial charge in [-0.2, -0.15) is 0 Å². The first-order chi connectivity index (χ1) is 9.20. The van der Waals surface area contributed by atoms with Gasteiger partial charge in [0.2, 0.25) is 5.91 Å². The van der Waals surface area contributed by atoms with Gasteiger partial charge < -0.3 is 19.5 Å². The Morgan fingerprint density at radius 2 is 2.42 bits per heavy atom. The Morgan fingerprint density at radius 3 is 3.11 bits per heavy atom. The molecule has 1 fully saturated rings. The molecule has 0 aromatic carbocycles. The Kier molecular flexibility index (Phi) is 4.93. The van der Waals surface area contributed by atoms with Gasteiger partial charge in [-0.05, 0) is 12.8 Å². The molecule has 1 aromatic heterocycles. The summed E-state index contributed by atoms with van der Waals surface area (Å²) in [6.07, 6.45) is 5.91. The van der Waals surface area contributed by atoms with Gasteiger partial charge in [0, 0.05) is 39.5 Å². The van der Waals surface area contributed by atoms with Gasteiger partial charge in [0.25, 0.3) is 0 Å². The first-order valence-electron chi connectivity index (χ1n) is 6.66. The number of nitrogens with zero attached hydrogens (tertiary/aromatic N) is 3. The predicted octanol–water partition coefficient (Wildman–Crippen LogP) is 0.240. The average Bonchev–Trinajstić information content (AvgIpc) is 3.16. The van der Waals surface area contributed by atoms with Crippen LogP contribution in [-0.4, -0.2) is 53.7 Å². The lowest BCUT2D eigenvalue weighted by Crippen LogP contribution is -2.31. The maximum Gasteiger partial charge on any atom is 0.242 e. The SMILES string of the molecule is COCCNCc1cn(CC(=O)N(C)C2CC2)cn1. The van der Waals surface area contributed by atoms with Crippen molar-refractivity contribution in [3.8, 4) is 0 Å². The number of hydrogen-bond donors (Lipinski definition) is 1. The summed E-state index contributed by atoms with van der Waals surface area (Å²) >= 11 is 0. The third-order valence-corrected chi connectivity index (χ3v) is 3.28. The number of ether oxygens (including phenoxy) is 1. The van der Waals surface area contributed by atoms with E-state index in [4.69, 9.17) is 4.74 Å². The van der Waals surface area contributed by atoms with Crippen LogP contribution in [0.2, 0.25) is 0 Å². The lowest BCUT2D eigenvalue weighted by atomic mass is 10.4. The Labute approximate surface area is 113 Å². The zero-order valence-electron chi connectivity index (χ0n) is 11.6. The quantitative estimate of drug-likeness (QED) is 0.685. The first kappa shape index (κ1) is 14.0. The van der Waals surface area contributed by atoms with Crippen molar-refractivity contribution < 1.29 is 9.53 Å². The van der Waals surface area contributed by atoms with Crippen molar-refractivity contribution in [2.75, 3.05) is 27.3 Å². The summed E-state index contributed by atoms with van der Waals surface area (Å²) in [5.74, 6) is 0.152. The van der Waals surface area contributed by atoms with Gasteiger partial charge in [-0.15, -0.1) is 0 Å². The monoisotopic (exact) mass is 266 g/mol. The van der Waals surface area contributed by atoms with Crippen molar-refractivity contribution in [2.45, 2.75) is 32.0 Å². The van der Waals surface area contributed by atoms with Crippen LogP contribution in [0.25, 0.3) is 0 Å². The van der Waals surface area contributed by atoms with E-state index in [1.54, 1.807) is 13.4 Å². The number of hydrogen-bond acceptors (Lipinski definition) is 4. The fraction of sp³-hybridized carbons (Fsp3) is 0.692. The van der Waals surface area contributed by atoms with E-state index < -0.39 is 0 Å². The summed E-state index contributed by atoms with van der Waals surface area (Å²) in [5.41, 5.74) is 0.943. The molecule has 0 bridgehead atoms. The lowest BCUT2D eigenvalue weighted by Gasteiger charge is -2.16. The van der Waals surface area contributed by atoms with Crippen LogP contribution in [0.4, 0.5) is 0 Å². The molecule has 19 heavy (non-hydrogen) atoms. The molecule has 106 valence electrons. The maximum atomic E-state index is 11.9. The molecule has 6 nitrogen and oxygen atoms in total. The van der Waals surface area contributed by atoms with Gasteiger partial charge in [-0.3, -0.25) is 4.79 Å². The molecule has 0 radical (unpaired) electrons. The van der Waals surface area contributed by atoms with Crippen LogP contribution in [0.5, 0.6) is 0 Å². The van der Waals surface area contributed by atoms with Crippen molar-refractivity contribution in [3.63, 3.8) is 0 Å². The molecule has 0 aliphatic heterocycles. The fourth-order valence-electron chi connectivity index (χ4n) is 1.91. The maximum absolute atomic E-state index is 11.9. The van der Waals surface area contributed by atoms with Crippen molar-refractivity contribution in [3.05, 3.63) is 18.2 Å². The number of methoxy groups -OCH3 is 1. The molecule has 1 aromatic rings. The van der Waals surface area contributed by atoms with Crippen LogP contribution >= 0.6 is 0 Å². The topological polar surface area (TPSA) is 59.4 Å². The van der Waals surface area contributed by atoms with Gasteiger partial charge in [0.15, 0.2) is 0 Å². The number of imidazole rings is 1. The van der Waals surface area contributed by atoms with Crippen molar-refractivity contribution in [1.29, 1.82) is 0 Å². The zero-order chi connectivity index (χ0) is 13.7. The van der Waals surface area contributed by atoms with E-state index in [1.807, 2.05) is 22.7 Å². The molecule has 6 heteroatoms. The fourth-order valence-corrected chi connectivity index (χ4v) is 1.91. The van der Waals surface area contributed by atoms with Crippen molar-refractivity contribution in [1.82, 2.24) is 19.8 Å². The minimum Gasteiger partial charge on any atom is -0.383 e. The second-order valence-electron chi connectivity index (χ2n) is 4.94. The van der Waals surface area contributed by atoms with Crippen LogP contribution in [0.3, 0.4) is 0 Å². The second-order valence-corrected chi connectivity index (χ2v) is 4.94. The Morgan fingerprint density at radius 1 is 1.63 bits per heavy atom. The predicted molar refractivity (Wildman–Crippen MR) is 71.6 cm³/mol. The standard InChI is InChI=1S/C13H22N4O2/c1-16(12-3-4-12)13(18)9-17-8-11(15-10-17)7-14-5-6-19-2/h8,10,12,14H,3-7,9H2,1-2H3. The Hall–Kier alpha value is -1.40. The summed E-state index contributed by atoms with van der Waals surface area (Å²) in [6, 6.07) is 0.464. The van der Waals surface area contributed by atoms with Crippen molar-refractivity contribution >= 4 is 5.91 Å². The highest BCUT2D eigenvalue weighted by molar-refractivity contribution is 5.76. The number of likely N-dealkylation sites (N-methyl/N-ethyl adjacent to an activating group) is 1. The highest BCUT2D eigenvalue weighted by Crippen LogP contribution is 2.25. The molecule has 1 heterocycles. The first-order valence-corrected chi connectivity index (χ1v) is 6.66. The third-order valence-electron chi connectivity index (χ3n) is 3.28. The molecule has 0 spiro atoms. The summed E-state index contributed by atoms with van der Waals surface area (Å²) in [7, 11) is 3.56. The smallest absolute Gasteiger partial charge is 0.242 e. The minimum absolute atomic E-state index is 0.152. The number of amides is 1. The van der Waals surface area contributed by atoms with E-state index in [2.05, 4.69) is 10.3 Å². The Bertz CT molecular complexity index is 415. The molecule has 0 unspecified atom stereocenters. The molecule has 1 N–H and O–H groups in total. The third kappa shape index (κ3) is 4.33. The number of carbonyl (C=O) groups is 1. The lowest BCUT2D eigenvalue weighted by molar-refractivity contribution is -0.131. The minimum atomic E-state index is 0.152. The highest BCUT2D eigenvalue weighted by Gasteiger charge is 2.29. The summed E-state index contributed by atoms with van der Waals surface area (Å²) < 4.78 is 6.80. The normalized spacial score (nSPS) is 14.6. The molecule has 1 saturated carbocycles. The molecule has 0 saturated heterocycles. The van der Waals surface area contributed by atoms with E-state index in [0.717, 1.165) is 25.1 Å². The van der Waals surface area contributed by atoms with E-state index in [0.29, 0.717) is 25.7 Å².